The van der Waals surface area contributed by atoms with Crippen LogP contribution in [0.5, 0.6) is 0 Å². The molecular formula is C9H12BrNS. The number of rotatable bonds is 2. The average Bonchev–Trinajstić information content (AvgIpc) is 2.63. The van der Waals surface area contributed by atoms with E-state index < -0.39 is 0 Å². The van der Waals surface area contributed by atoms with Crippen LogP contribution in [0.1, 0.15) is 17.7 Å². The van der Waals surface area contributed by atoms with Gasteiger partial charge in [-0.05, 0) is 53.9 Å². The van der Waals surface area contributed by atoms with Gasteiger partial charge in [0.2, 0.25) is 0 Å². The molecule has 1 N–H and O–H groups in total. The van der Waals surface area contributed by atoms with Gasteiger partial charge in [0.1, 0.15) is 0 Å². The zero-order valence-electron chi connectivity index (χ0n) is 6.85. The fourth-order valence-corrected chi connectivity index (χ4v) is 3.20. The second-order valence-electron chi connectivity index (χ2n) is 3.20. The minimum atomic E-state index is 0.732. The van der Waals surface area contributed by atoms with E-state index in [4.69, 9.17) is 0 Å². The number of thiophene rings is 1. The predicted molar refractivity (Wildman–Crippen MR) is 56.7 cm³/mol. The van der Waals surface area contributed by atoms with E-state index in [1.54, 1.807) is 0 Å². The molecule has 2 rings (SSSR count). The Labute approximate surface area is 85.3 Å². The summed E-state index contributed by atoms with van der Waals surface area (Å²) in [6.45, 7) is 1.21. The molecule has 1 saturated heterocycles. The van der Waals surface area contributed by atoms with Gasteiger partial charge in [-0.3, -0.25) is 0 Å². The quantitative estimate of drug-likeness (QED) is 0.846. The lowest BCUT2D eigenvalue weighted by Crippen LogP contribution is -2.23. The van der Waals surface area contributed by atoms with Gasteiger partial charge in [-0.15, -0.1) is 11.3 Å². The fraction of sp³-hybridized carbons (Fsp3) is 0.556. The van der Waals surface area contributed by atoms with Crippen LogP contribution in [-0.4, -0.2) is 12.6 Å². The molecule has 0 aromatic carbocycles. The molecule has 0 bridgehead atoms. The van der Waals surface area contributed by atoms with Crippen molar-refractivity contribution in [2.75, 3.05) is 6.54 Å². The first-order valence-electron chi connectivity index (χ1n) is 4.32. The van der Waals surface area contributed by atoms with E-state index in [1.165, 1.54) is 34.5 Å². The van der Waals surface area contributed by atoms with E-state index in [1.807, 2.05) is 11.3 Å². The van der Waals surface area contributed by atoms with Crippen molar-refractivity contribution < 1.29 is 0 Å². The number of hydrogen-bond acceptors (Lipinski definition) is 2. The summed E-state index contributed by atoms with van der Waals surface area (Å²) in [5, 5.41) is 3.51. The summed E-state index contributed by atoms with van der Waals surface area (Å²) in [6, 6.07) is 5.08. The van der Waals surface area contributed by atoms with Crippen molar-refractivity contribution in [1.29, 1.82) is 0 Å². The van der Waals surface area contributed by atoms with Crippen LogP contribution >= 0.6 is 27.3 Å². The summed E-state index contributed by atoms with van der Waals surface area (Å²) < 4.78 is 1.25. The number of hydrogen-bond donors (Lipinski definition) is 1. The van der Waals surface area contributed by atoms with Crippen molar-refractivity contribution in [2.24, 2.45) is 0 Å². The highest BCUT2D eigenvalue weighted by Crippen LogP contribution is 2.24. The molecule has 1 aromatic heterocycles. The maximum absolute atomic E-state index is 3.51. The SMILES string of the molecule is Brc1ccc(CC2CCCN2)s1. The van der Waals surface area contributed by atoms with Gasteiger partial charge >= 0.3 is 0 Å². The monoisotopic (exact) mass is 245 g/mol. The van der Waals surface area contributed by atoms with E-state index >= 15 is 0 Å². The molecule has 0 amide bonds. The van der Waals surface area contributed by atoms with Crippen molar-refractivity contribution in [3.8, 4) is 0 Å². The van der Waals surface area contributed by atoms with Crippen LogP contribution in [0.3, 0.4) is 0 Å². The Morgan fingerprint density at radius 3 is 3.08 bits per heavy atom. The Morgan fingerprint density at radius 2 is 2.50 bits per heavy atom. The lowest BCUT2D eigenvalue weighted by molar-refractivity contribution is 0.608. The van der Waals surface area contributed by atoms with Crippen LogP contribution in [0, 0.1) is 0 Å². The molecule has 3 heteroatoms. The van der Waals surface area contributed by atoms with Crippen molar-refractivity contribution in [3.05, 3.63) is 20.8 Å². The Morgan fingerprint density at radius 1 is 1.58 bits per heavy atom. The molecule has 1 nitrogen and oxygen atoms in total. The van der Waals surface area contributed by atoms with Gasteiger partial charge < -0.3 is 5.32 Å². The predicted octanol–water partition coefficient (Wildman–Crippen LogP) is 2.81. The van der Waals surface area contributed by atoms with E-state index in [2.05, 4.69) is 33.4 Å². The Hall–Kier alpha value is 0.140. The second kappa shape index (κ2) is 3.90. The average molecular weight is 246 g/mol. The third-order valence-corrected chi connectivity index (χ3v) is 3.88. The Bertz CT molecular complexity index is 253. The van der Waals surface area contributed by atoms with E-state index in [0.29, 0.717) is 0 Å². The maximum atomic E-state index is 3.51. The molecule has 2 heterocycles. The van der Waals surface area contributed by atoms with Gasteiger partial charge in [-0.2, -0.15) is 0 Å². The highest BCUT2D eigenvalue weighted by Gasteiger charge is 2.14. The Balaban J connectivity index is 1.94. The first kappa shape index (κ1) is 8.73. The first-order chi connectivity index (χ1) is 5.84. The third-order valence-electron chi connectivity index (χ3n) is 2.24. The molecule has 1 aliphatic rings. The molecular weight excluding hydrogens is 234 g/mol. The van der Waals surface area contributed by atoms with Crippen LogP contribution < -0.4 is 5.32 Å². The lowest BCUT2D eigenvalue weighted by Gasteiger charge is -2.06. The molecule has 0 saturated carbocycles. The zero-order chi connectivity index (χ0) is 8.39. The normalized spacial score (nSPS) is 23.2. The van der Waals surface area contributed by atoms with Crippen molar-refractivity contribution in [3.63, 3.8) is 0 Å². The van der Waals surface area contributed by atoms with E-state index in [9.17, 15) is 0 Å². The highest BCUT2D eigenvalue weighted by molar-refractivity contribution is 9.11. The summed E-state index contributed by atoms with van der Waals surface area (Å²) in [5.74, 6) is 0. The fourth-order valence-electron chi connectivity index (χ4n) is 1.64. The van der Waals surface area contributed by atoms with Gasteiger partial charge in [-0.1, -0.05) is 0 Å². The summed E-state index contributed by atoms with van der Waals surface area (Å²) in [4.78, 5) is 1.49. The molecule has 66 valence electrons. The first-order valence-corrected chi connectivity index (χ1v) is 5.93. The minimum Gasteiger partial charge on any atom is -0.314 e. The summed E-state index contributed by atoms with van der Waals surface area (Å²) >= 11 is 5.33. The smallest absolute Gasteiger partial charge is 0.0701 e. The number of halogens is 1. The summed E-state index contributed by atoms with van der Waals surface area (Å²) in [7, 11) is 0. The van der Waals surface area contributed by atoms with Crippen molar-refractivity contribution >= 4 is 27.3 Å². The third kappa shape index (κ3) is 2.09. The van der Waals surface area contributed by atoms with Gasteiger partial charge in [-0.25, -0.2) is 0 Å². The molecule has 0 radical (unpaired) electrons. The van der Waals surface area contributed by atoms with E-state index in [-0.39, 0.29) is 0 Å². The largest absolute Gasteiger partial charge is 0.314 e. The van der Waals surface area contributed by atoms with Crippen LogP contribution in [0.4, 0.5) is 0 Å². The Kier molecular flexibility index (Phi) is 2.84. The zero-order valence-corrected chi connectivity index (χ0v) is 9.25. The van der Waals surface area contributed by atoms with Crippen LogP contribution in [0.25, 0.3) is 0 Å². The van der Waals surface area contributed by atoms with Crippen LogP contribution in [-0.2, 0) is 6.42 Å². The maximum Gasteiger partial charge on any atom is 0.0701 e. The van der Waals surface area contributed by atoms with E-state index in [0.717, 1.165) is 6.04 Å². The van der Waals surface area contributed by atoms with Gasteiger partial charge in [0.25, 0.3) is 0 Å². The van der Waals surface area contributed by atoms with Gasteiger partial charge in [0.15, 0.2) is 0 Å². The van der Waals surface area contributed by atoms with Gasteiger partial charge in [0.05, 0.1) is 3.79 Å². The lowest BCUT2D eigenvalue weighted by atomic mass is 10.1. The highest BCUT2D eigenvalue weighted by atomic mass is 79.9. The van der Waals surface area contributed by atoms with Gasteiger partial charge in [0, 0.05) is 10.9 Å². The molecule has 1 aromatic rings. The van der Waals surface area contributed by atoms with Crippen molar-refractivity contribution in [1.82, 2.24) is 5.32 Å². The number of nitrogens with one attached hydrogen (secondary N) is 1. The second-order valence-corrected chi connectivity index (χ2v) is 5.75. The minimum absolute atomic E-state index is 0.732. The standard InChI is InChI=1S/C9H12BrNS/c10-9-4-3-8(12-9)6-7-2-1-5-11-7/h3-4,7,11H,1-2,5-6H2. The summed E-state index contributed by atoms with van der Waals surface area (Å²) in [5.41, 5.74) is 0. The van der Waals surface area contributed by atoms with Crippen molar-refractivity contribution in [2.45, 2.75) is 25.3 Å². The topological polar surface area (TPSA) is 12.0 Å². The molecule has 0 aliphatic carbocycles. The summed E-state index contributed by atoms with van der Waals surface area (Å²) in [6.07, 6.45) is 3.89. The molecule has 0 spiro atoms. The molecule has 1 unspecified atom stereocenters. The van der Waals surface area contributed by atoms with Crippen LogP contribution in [0.2, 0.25) is 0 Å². The molecule has 1 fully saturated rings. The molecule has 1 atom stereocenters. The molecule has 1 aliphatic heterocycles. The molecule has 12 heavy (non-hydrogen) atoms. The van der Waals surface area contributed by atoms with Crippen LogP contribution in [0.15, 0.2) is 15.9 Å².